The van der Waals surface area contributed by atoms with Gasteiger partial charge in [-0.25, -0.2) is 0 Å². The molecule has 3 unspecified atom stereocenters. The van der Waals surface area contributed by atoms with Crippen molar-refractivity contribution in [1.29, 1.82) is 0 Å². The van der Waals surface area contributed by atoms with Crippen molar-refractivity contribution in [2.24, 2.45) is 23.2 Å². The molecule has 0 saturated carbocycles. The summed E-state index contributed by atoms with van der Waals surface area (Å²) in [7, 11) is 0. The van der Waals surface area contributed by atoms with Gasteiger partial charge in [0, 0.05) is 6.04 Å². The minimum Gasteiger partial charge on any atom is -0.316 e. The molecule has 0 amide bonds. The Labute approximate surface area is 134 Å². The molecule has 1 fully saturated rings. The molecule has 0 aromatic carbocycles. The lowest BCUT2D eigenvalue weighted by Crippen LogP contribution is -2.42. The molecule has 2 nitrogen and oxygen atoms in total. The molecule has 3 atom stereocenters. The standard InChI is InChI=1S/C19H40N2/c1-15(2)13-20-14-16(3)17(4)21-11-8-9-18(10-12-21)19(5,6)7/h15-18,20H,8-14H2,1-7H3. The van der Waals surface area contributed by atoms with Crippen LogP contribution in [0.15, 0.2) is 0 Å². The van der Waals surface area contributed by atoms with Gasteiger partial charge < -0.3 is 10.2 Å². The summed E-state index contributed by atoms with van der Waals surface area (Å²) in [4.78, 5) is 2.74. The summed E-state index contributed by atoms with van der Waals surface area (Å²) in [5.74, 6) is 2.37. The molecule has 0 aliphatic carbocycles. The van der Waals surface area contributed by atoms with Gasteiger partial charge in [0.2, 0.25) is 0 Å². The average Bonchev–Trinajstić information content (AvgIpc) is 2.62. The molecule has 0 aromatic heterocycles. The maximum Gasteiger partial charge on any atom is 0.0105 e. The fourth-order valence-corrected chi connectivity index (χ4v) is 3.52. The van der Waals surface area contributed by atoms with Crippen molar-refractivity contribution in [2.45, 2.75) is 73.8 Å². The van der Waals surface area contributed by atoms with Gasteiger partial charge in [-0.3, -0.25) is 0 Å². The lowest BCUT2D eigenvalue weighted by Gasteiger charge is -2.33. The first-order valence-corrected chi connectivity index (χ1v) is 9.16. The SMILES string of the molecule is CC(C)CNCC(C)C(C)N1CCCC(C(C)(C)C)CC1. The Morgan fingerprint density at radius 1 is 1.00 bits per heavy atom. The van der Waals surface area contributed by atoms with Crippen LogP contribution in [0, 0.1) is 23.2 Å². The number of hydrogen-bond donors (Lipinski definition) is 1. The molecule has 0 spiro atoms. The summed E-state index contributed by atoms with van der Waals surface area (Å²) in [5.41, 5.74) is 0.476. The van der Waals surface area contributed by atoms with Crippen molar-refractivity contribution in [3.8, 4) is 0 Å². The quantitative estimate of drug-likeness (QED) is 0.781. The van der Waals surface area contributed by atoms with Crippen molar-refractivity contribution in [1.82, 2.24) is 10.2 Å². The van der Waals surface area contributed by atoms with E-state index in [0.717, 1.165) is 30.8 Å². The minimum atomic E-state index is 0.476. The third-order valence-electron chi connectivity index (χ3n) is 5.41. The Balaban J connectivity index is 2.42. The normalized spacial score (nSPS) is 24.9. The molecule has 1 rings (SSSR count). The van der Waals surface area contributed by atoms with E-state index in [1.165, 1.54) is 32.4 Å². The number of nitrogens with one attached hydrogen (secondary N) is 1. The molecule has 21 heavy (non-hydrogen) atoms. The van der Waals surface area contributed by atoms with Crippen molar-refractivity contribution in [3.63, 3.8) is 0 Å². The highest BCUT2D eigenvalue weighted by Gasteiger charge is 2.29. The number of hydrogen-bond acceptors (Lipinski definition) is 2. The number of rotatable bonds is 6. The molecule has 1 N–H and O–H groups in total. The molecular formula is C19H40N2. The topological polar surface area (TPSA) is 15.3 Å². The molecule has 1 aliphatic rings. The highest BCUT2D eigenvalue weighted by Crippen LogP contribution is 2.34. The van der Waals surface area contributed by atoms with Crippen LogP contribution >= 0.6 is 0 Å². The van der Waals surface area contributed by atoms with E-state index in [-0.39, 0.29) is 0 Å². The molecule has 0 radical (unpaired) electrons. The maximum absolute atomic E-state index is 3.63. The summed E-state index contributed by atoms with van der Waals surface area (Å²) < 4.78 is 0. The lowest BCUT2D eigenvalue weighted by atomic mass is 9.77. The Hall–Kier alpha value is -0.0800. The maximum atomic E-state index is 3.63. The molecule has 1 saturated heterocycles. The van der Waals surface area contributed by atoms with E-state index in [4.69, 9.17) is 0 Å². The smallest absolute Gasteiger partial charge is 0.0105 e. The second-order valence-electron chi connectivity index (χ2n) is 8.80. The zero-order valence-electron chi connectivity index (χ0n) is 15.7. The van der Waals surface area contributed by atoms with Gasteiger partial charge in [0.15, 0.2) is 0 Å². The van der Waals surface area contributed by atoms with Crippen LogP contribution in [-0.2, 0) is 0 Å². The molecule has 126 valence electrons. The Morgan fingerprint density at radius 2 is 1.67 bits per heavy atom. The molecule has 1 heterocycles. The minimum absolute atomic E-state index is 0.476. The molecular weight excluding hydrogens is 256 g/mol. The van der Waals surface area contributed by atoms with Crippen LogP contribution in [0.5, 0.6) is 0 Å². The van der Waals surface area contributed by atoms with E-state index in [1.807, 2.05) is 0 Å². The van der Waals surface area contributed by atoms with Crippen LogP contribution < -0.4 is 5.32 Å². The van der Waals surface area contributed by atoms with Crippen LogP contribution in [0.4, 0.5) is 0 Å². The first-order chi connectivity index (χ1) is 9.71. The number of nitrogens with zero attached hydrogens (tertiary/aromatic N) is 1. The Bertz CT molecular complexity index is 280. The van der Waals surface area contributed by atoms with E-state index >= 15 is 0 Å². The van der Waals surface area contributed by atoms with Crippen molar-refractivity contribution in [2.75, 3.05) is 26.2 Å². The van der Waals surface area contributed by atoms with Gasteiger partial charge in [-0.1, -0.05) is 41.5 Å². The molecule has 1 aliphatic heterocycles. The molecule has 0 bridgehead atoms. The van der Waals surface area contributed by atoms with Gasteiger partial charge in [0.1, 0.15) is 0 Å². The van der Waals surface area contributed by atoms with E-state index in [0.29, 0.717) is 11.5 Å². The van der Waals surface area contributed by atoms with Crippen LogP contribution in [0.1, 0.15) is 67.7 Å². The fourth-order valence-electron chi connectivity index (χ4n) is 3.52. The highest BCUT2D eigenvalue weighted by atomic mass is 15.2. The third-order valence-corrected chi connectivity index (χ3v) is 5.41. The van der Waals surface area contributed by atoms with Crippen molar-refractivity contribution >= 4 is 0 Å². The summed E-state index contributed by atoms with van der Waals surface area (Å²) in [6.45, 7) is 21.5. The first kappa shape index (κ1) is 19.0. The van der Waals surface area contributed by atoms with Crippen molar-refractivity contribution < 1.29 is 0 Å². The summed E-state index contributed by atoms with van der Waals surface area (Å²) in [6.07, 6.45) is 4.16. The van der Waals surface area contributed by atoms with Crippen LogP contribution in [-0.4, -0.2) is 37.1 Å². The molecule has 2 heteroatoms. The van der Waals surface area contributed by atoms with Gasteiger partial charge in [-0.05, 0) is 75.5 Å². The lowest BCUT2D eigenvalue weighted by molar-refractivity contribution is 0.154. The van der Waals surface area contributed by atoms with E-state index in [2.05, 4.69) is 58.7 Å². The first-order valence-electron chi connectivity index (χ1n) is 9.16. The number of likely N-dealkylation sites (tertiary alicyclic amines) is 1. The zero-order chi connectivity index (χ0) is 16.0. The van der Waals surface area contributed by atoms with Gasteiger partial charge >= 0.3 is 0 Å². The predicted molar refractivity (Wildman–Crippen MR) is 94.7 cm³/mol. The van der Waals surface area contributed by atoms with E-state index in [9.17, 15) is 0 Å². The van der Waals surface area contributed by atoms with Crippen LogP contribution in [0.25, 0.3) is 0 Å². The van der Waals surface area contributed by atoms with Gasteiger partial charge in [-0.2, -0.15) is 0 Å². The second-order valence-corrected chi connectivity index (χ2v) is 8.80. The van der Waals surface area contributed by atoms with Crippen LogP contribution in [0.2, 0.25) is 0 Å². The van der Waals surface area contributed by atoms with E-state index < -0.39 is 0 Å². The Morgan fingerprint density at radius 3 is 2.24 bits per heavy atom. The Kier molecular flexibility index (Phi) is 7.70. The van der Waals surface area contributed by atoms with Gasteiger partial charge in [0.25, 0.3) is 0 Å². The highest BCUT2D eigenvalue weighted by molar-refractivity contribution is 4.82. The van der Waals surface area contributed by atoms with Gasteiger partial charge in [0.05, 0.1) is 0 Å². The largest absolute Gasteiger partial charge is 0.316 e. The third kappa shape index (κ3) is 6.69. The van der Waals surface area contributed by atoms with Crippen LogP contribution in [0.3, 0.4) is 0 Å². The van der Waals surface area contributed by atoms with Gasteiger partial charge in [-0.15, -0.1) is 0 Å². The zero-order valence-corrected chi connectivity index (χ0v) is 15.7. The fraction of sp³-hybridized carbons (Fsp3) is 1.00. The van der Waals surface area contributed by atoms with Crippen molar-refractivity contribution in [3.05, 3.63) is 0 Å². The monoisotopic (exact) mass is 296 g/mol. The molecule has 0 aromatic rings. The summed E-state index contributed by atoms with van der Waals surface area (Å²) in [5, 5.41) is 3.63. The second kappa shape index (κ2) is 8.53. The predicted octanol–water partition coefficient (Wildman–Crippen LogP) is 4.40. The van der Waals surface area contributed by atoms with E-state index in [1.54, 1.807) is 0 Å². The summed E-state index contributed by atoms with van der Waals surface area (Å²) in [6, 6.07) is 0.698. The average molecular weight is 297 g/mol. The summed E-state index contributed by atoms with van der Waals surface area (Å²) >= 11 is 0.